The summed E-state index contributed by atoms with van der Waals surface area (Å²) in [5.41, 5.74) is 4.22. The minimum atomic E-state index is -0.600. The first-order valence-corrected chi connectivity index (χ1v) is 17.3. The Bertz CT molecular complexity index is 1780. The second-order valence-electron chi connectivity index (χ2n) is 13.4. The highest BCUT2D eigenvalue weighted by Gasteiger charge is 2.40. The number of aromatic amines is 2. The molecule has 4 aromatic rings. The number of ether oxygens (including phenoxy) is 1. The Morgan fingerprint density at radius 2 is 1.76 bits per heavy atom. The van der Waals surface area contributed by atoms with Crippen LogP contribution in [0.1, 0.15) is 76.0 Å². The van der Waals surface area contributed by atoms with Crippen LogP contribution in [0.2, 0.25) is 0 Å². The largest absolute Gasteiger partial charge is 0.453 e. The lowest BCUT2D eigenvalue weighted by Crippen LogP contribution is -2.49. The number of methoxy groups -OCH3 is 1. The minimum Gasteiger partial charge on any atom is -0.453 e. The zero-order valence-corrected chi connectivity index (χ0v) is 28.0. The summed E-state index contributed by atoms with van der Waals surface area (Å²) in [6, 6.07) is 7.43. The molecule has 0 radical (unpaired) electrons. The molecule has 2 aliphatic carbocycles. The number of rotatable bonds is 13. The number of carbonyl (C=O) groups excluding carboxylic acids is 3. The molecule has 0 spiro atoms. The number of nitrogens with one attached hydrogen (secondary N) is 3. The maximum absolute atomic E-state index is 13.4. The van der Waals surface area contributed by atoms with Crippen LogP contribution in [0.5, 0.6) is 0 Å². The van der Waals surface area contributed by atoms with Gasteiger partial charge in [-0.3, -0.25) is 9.59 Å². The Labute approximate surface area is 285 Å². The van der Waals surface area contributed by atoms with Gasteiger partial charge < -0.3 is 29.8 Å². The van der Waals surface area contributed by atoms with E-state index in [2.05, 4.69) is 30.2 Å². The van der Waals surface area contributed by atoms with Crippen molar-refractivity contribution in [2.24, 2.45) is 11.8 Å². The number of hydrogen-bond donors (Lipinski definition) is 3. The van der Waals surface area contributed by atoms with E-state index in [0.29, 0.717) is 42.8 Å². The van der Waals surface area contributed by atoms with Gasteiger partial charge in [0.15, 0.2) is 5.82 Å². The summed E-state index contributed by atoms with van der Waals surface area (Å²) < 4.78 is 4.75. The molecular formula is C36H43N9O4. The molecule has 3 fully saturated rings. The summed E-state index contributed by atoms with van der Waals surface area (Å²) in [6.45, 7) is 3.65. The minimum absolute atomic E-state index is 0.0181. The first-order valence-electron chi connectivity index (χ1n) is 17.3. The first kappa shape index (κ1) is 32.5. The summed E-state index contributed by atoms with van der Waals surface area (Å²) in [4.78, 5) is 67.1. The SMILES string of the molecule is CCCN(Cc1nc(-c2cnc(-c3ccc(-c4cnc([C@@H]5CCCN5C(=O)CC5CC5)[nH]4)cc3)nc2)c[nH]1)C(=O)[C@@H](NC(=O)OC)C1CC1. The molecule has 1 aliphatic heterocycles. The Kier molecular flexibility index (Phi) is 9.41. The maximum Gasteiger partial charge on any atom is 0.407 e. The fraction of sp³-hybridized carbons (Fsp3) is 0.472. The molecule has 4 heterocycles. The van der Waals surface area contributed by atoms with Gasteiger partial charge >= 0.3 is 6.09 Å². The van der Waals surface area contributed by atoms with E-state index in [9.17, 15) is 14.4 Å². The molecule has 0 bridgehead atoms. The molecule has 3 aliphatic rings. The van der Waals surface area contributed by atoms with Crippen LogP contribution < -0.4 is 5.32 Å². The van der Waals surface area contributed by atoms with E-state index < -0.39 is 12.1 Å². The van der Waals surface area contributed by atoms with Crippen LogP contribution in [0.15, 0.2) is 49.1 Å². The molecule has 2 saturated carbocycles. The number of likely N-dealkylation sites (tertiary alicyclic amines) is 1. The Balaban J connectivity index is 0.982. The van der Waals surface area contributed by atoms with E-state index in [0.717, 1.165) is 66.9 Å². The van der Waals surface area contributed by atoms with Gasteiger partial charge in [-0.1, -0.05) is 31.2 Å². The second-order valence-corrected chi connectivity index (χ2v) is 13.4. The molecule has 13 nitrogen and oxygen atoms in total. The summed E-state index contributed by atoms with van der Waals surface area (Å²) in [7, 11) is 1.30. The molecule has 256 valence electrons. The molecule has 1 aromatic carbocycles. The number of imidazole rings is 2. The van der Waals surface area contributed by atoms with Crippen LogP contribution in [-0.2, 0) is 20.9 Å². The van der Waals surface area contributed by atoms with Crippen molar-refractivity contribution < 1.29 is 19.1 Å². The molecule has 3 amide bonds. The van der Waals surface area contributed by atoms with Crippen LogP contribution in [0.25, 0.3) is 33.9 Å². The van der Waals surface area contributed by atoms with Crippen molar-refractivity contribution in [1.29, 1.82) is 0 Å². The van der Waals surface area contributed by atoms with Gasteiger partial charge in [0.1, 0.15) is 17.7 Å². The van der Waals surface area contributed by atoms with Crippen LogP contribution >= 0.6 is 0 Å². The normalized spacial score (nSPS) is 17.9. The van der Waals surface area contributed by atoms with Crippen molar-refractivity contribution in [3.63, 3.8) is 0 Å². The molecule has 3 aromatic heterocycles. The number of H-pyrrole nitrogens is 2. The molecule has 0 unspecified atom stereocenters. The summed E-state index contributed by atoms with van der Waals surface area (Å²) in [5.74, 6) is 2.91. The molecule has 1 saturated heterocycles. The van der Waals surface area contributed by atoms with Crippen molar-refractivity contribution in [2.75, 3.05) is 20.2 Å². The van der Waals surface area contributed by atoms with E-state index in [-0.39, 0.29) is 23.8 Å². The van der Waals surface area contributed by atoms with Gasteiger partial charge in [-0.15, -0.1) is 0 Å². The summed E-state index contributed by atoms with van der Waals surface area (Å²) >= 11 is 0. The third-order valence-corrected chi connectivity index (χ3v) is 9.64. The van der Waals surface area contributed by atoms with Crippen molar-refractivity contribution in [3.05, 3.63) is 60.7 Å². The van der Waals surface area contributed by atoms with Crippen molar-refractivity contribution >= 4 is 17.9 Å². The van der Waals surface area contributed by atoms with Crippen LogP contribution in [0.4, 0.5) is 4.79 Å². The lowest BCUT2D eigenvalue weighted by atomic mass is 10.1. The highest BCUT2D eigenvalue weighted by Crippen LogP contribution is 2.37. The van der Waals surface area contributed by atoms with Gasteiger partial charge in [0.05, 0.1) is 37.3 Å². The lowest BCUT2D eigenvalue weighted by Gasteiger charge is -2.26. The van der Waals surface area contributed by atoms with E-state index in [1.165, 1.54) is 20.0 Å². The van der Waals surface area contributed by atoms with E-state index >= 15 is 0 Å². The van der Waals surface area contributed by atoms with E-state index in [1.54, 1.807) is 23.5 Å². The first-order chi connectivity index (χ1) is 23.9. The number of hydrogen-bond acceptors (Lipinski definition) is 8. The zero-order chi connectivity index (χ0) is 33.9. The van der Waals surface area contributed by atoms with Crippen molar-refractivity contribution in [2.45, 2.75) is 76.9 Å². The average Bonchev–Trinajstić information content (AvgIpc) is 3.96. The monoisotopic (exact) mass is 665 g/mol. The van der Waals surface area contributed by atoms with Crippen LogP contribution in [0, 0.1) is 11.8 Å². The highest BCUT2D eigenvalue weighted by atomic mass is 16.5. The fourth-order valence-corrected chi connectivity index (χ4v) is 6.60. The summed E-state index contributed by atoms with van der Waals surface area (Å²) in [5, 5.41) is 2.72. The topological polar surface area (TPSA) is 162 Å². The molecule has 3 N–H and O–H groups in total. The number of nitrogens with zero attached hydrogens (tertiary/aromatic N) is 6. The van der Waals surface area contributed by atoms with Crippen LogP contribution in [-0.4, -0.2) is 83.9 Å². The van der Waals surface area contributed by atoms with Crippen molar-refractivity contribution in [1.82, 2.24) is 45.0 Å². The smallest absolute Gasteiger partial charge is 0.407 e. The van der Waals surface area contributed by atoms with Crippen molar-refractivity contribution in [3.8, 4) is 33.9 Å². The Hall–Kier alpha value is -5.07. The molecule has 49 heavy (non-hydrogen) atoms. The number of benzene rings is 1. The van der Waals surface area contributed by atoms with Gasteiger partial charge in [0.25, 0.3) is 0 Å². The van der Waals surface area contributed by atoms with Gasteiger partial charge in [-0.25, -0.2) is 24.7 Å². The quantitative estimate of drug-likeness (QED) is 0.174. The number of carbonyl (C=O) groups is 3. The Morgan fingerprint density at radius 3 is 2.45 bits per heavy atom. The average molecular weight is 666 g/mol. The zero-order valence-electron chi connectivity index (χ0n) is 28.0. The maximum atomic E-state index is 13.4. The van der Waals surface area contributed by atoms with Gasteiger partial charge in [-0.2, -0.15) is 0 Å². The summed E-state index contributed by atoms with van der Waals surface area (Å²) in [6.07, 6.45) is 14.1. The molecule has 2 atom stereocenters. The fourth-order valence-electron chi connectivity index (χ4n) is 6.60. The second kappa shape index (κ2) is 14.2. The number of aromatic nitrogens is 6. The van der Waals surface area contributed by atoms with Gasteiger partial charge in [0, 0.05) is 49.2 Å². The van der Waals surface area contributed by atoms with Crippen LogP contribution in [0.3, 0.4) is 0 Å². The lowest BCUT2D eigenvalue weighted by molar-refractivity contribution is -0.134. The molecular weight excluding hydrogens is 622 g/mol. The molecule has 13 heteroatoms. The van der Waals surface area contributed by atoms with Gasteiger partial charge in [-0.05, 0) is 62.3 Å². The van der Waals surface area contributed by atoms with E-state index in [1.807, 2.05) is 42.3 Å². The number of amides is 3. The van der Waals surface area contributed by atoms with Gasteiger partial charge in [0.2, 0.25) is 11.8 Å². The Morgan fingerprint density at radius 1 is 1.00 bits per heavy atom. The van der Waals surface area contributed by atoms with E-state index in [4.69, 9.17) is 9.72 Å². The molecule has 7 rings (SSSR count). The third-order valence-electron chi connectivity index (χ3n) is 9.64. The number of alkyl carbamates (subject to hydrolysis) is 1. The predicted molar refractivity (Wildman–Crippen MR) is 181 cm³/mol. The predicted octanol–water partition coefficient (Wildman–Crippen LogP) is 5.26. The highest BCUT2D eigenvalue weighted by molar-refractivity contribution is 5.86. The third kappa shape index (κ3) is 7.50. The standard InChI is InChI=1S/C36H43N9O4/c1-3-14-44(35(47)32(24-10-11-24)43-36(48)49-2)21-30-37-19-28(41-30)26-17-38-33(39-18-26)25-12-8-23(9-13-25)27-20-40-34(42-27)29-5-4-15-45(29)31(46)16-22-6-7-22/h8-9,12-13,17-20,22,24,29,32H,3-7,10-11,14-16,21H2,1-2H3,(H,37,41)(H,40,42)(H,43,48)/t29-,32-/m0/s1.